The lowest BCUT2D eigenvalue weighted by atomic mass is 10.1. The molecule has 3 rings (SSSR count). The largest absolute Gasteiger partial charge is 0.352 e. The van der Waals surface area contributed by atoms with Crippen molar-refractivity contribution in [3.8, 4) is 0 Å². The molecule has 0 aromatic heterocycles. The highest BCUT2D eigenvalue weighted by Crippen LogP contribution is 2.19. The summed E-state index contributed by atoms with van der Waals surface area (Å²) < 4.78 is 13.8. The van der Waals surface area contributed by atoms with Gasteiger partial charge in [-0.3, -0.25) is 14.5 Å². The number of hydrogen-bond donors (Lipinski definition) is 1. The van der Waals surface area contributed by atoms with E-state index in [4.69, 9.17) is 11.6 Å². The summed E-state index contributed by atoms with van der Waals surface area (Å²) in [6.07, 6.45) is 4.51. The Morgan fingerprint density at radius 2 is 1.84 bits per heavy atom. The first-order valence-corrected chi connectivity index (χ1v) is 9.17. The molecule has 0 radical (unpaired) electrons. The zero-order valence-corrected chi connectivity index (χ0v) is 14.9. The molecular formula is C18H23ClFN3O2. The van der Waals surface area contributed by atoms with Gasteiger partial charge in [0.1, 0.15) is 5.82 Å². The average Bonchev–Trinajstić information content (AvgIpc) is 3.10. The number of nitrogens with zero attached hydrogens (tertiary/aromatic N) is 2. The van der Waals surface area contributed by atoms with Gasteiger partial charge < -0.3 is 10.2 Å². The molecule has 1 aliphatic carbocycles. The highest BCUT2D eigenvalue weighted by Gasteiger charge is 2.26. The summed E-state index contributed by atoms with van der Waals surface area (Å²) in [5.41, 5.74) is -0.0000681. The second kappa shape index (κ2) is 8.15. The summed E-state index contributed by atoms with van der Waals surface area (Å²) >= 11 is 5.86. The third kappa shape index (κ3) is 4.70. The van der Waals surface area contributed by atoms with Crippen LogP contribution in [0.25, 0.3) is 0 Å². The first-order valence-electron chi connectivity index (χ1n) is 8.79. The third-order valence-electron chi connectivity index (χ3n) is 4.91. The quantitative estimate of drug-likeness (QED) is 0.888. The Balaban J connectivity index is 1.48. The van der Waals surface area contributed by atoms with Crippen molar-refractivity contribution >= 4 is 23.4 Å². The van der Waals surface area contributed by atoms with Crippen molar-refractivity contribution in [2.45, 2.75) is 31.7 Å². The van der Waals surface area contributed by atoms with Gasteiger partial charge in [0.2, 0.25) is 5.91 Å². The molecule has 1 saturated heterocycles. The number of carbonyl (C=O) groups excluding carboxylic acids is 2. The van der Waals surface area contributed by atoms with Crippen LogP contribution >= 0.6 is 11.6 Å². The lowest BCUT2D eigenvalue weighted by molar-refractivity contribution is -0.123. The first-order chi connectivity index (χ1) is 12.0. The van der Waals surface area contributed by atoms with E-state index >= 15 is 0 Å². The van der Waals surface area contributed by atoms with Crippen molar-refractivity contribution in [1.29, 1.82) is 0 Å². The second-order valence-corrected chi connectivity index (χ2v) is 7.18. The van der Waals surface area contributed by atoms with E-state index in [-0.39, 0.29) is 17.4 Å². The van der Waals surface area contributed by atoms with Gasteiger partial charge in [0.15, 0.2) is 0 Å². The standard InChI is InChI=1S/C18H23ClFN3O2/c19-13-5-6-16(20)15(11-13)18(25)23-9-7-22(8-10-23)12-17(24)21-14-3-1-2-4-14/h5-6,11,14H,1-4,7-10,12H2,(H,21,24). The number of rotatable bonds is 4. The normalized spacial score (nSPS) is 19.2. The topological polar surface area (TPSA) is 52.7 Å². The Hall–Kier alpha value is -1.66. The Morgan fingerprint density at radius 1 is 1.16 bits per heavy atom. The molecule has 1 aromatic carbocycles. The lowest BCUT2D eigenvalue weighted by Crippen LogP contribution is -2.51. The van der Waals surface area contributed by atoms with Crippen LogP contribution in [0.1, 0.15) is 36.0 Å². The van der Waals surface area contributed by atoms with E-state index in [9.17, 15) is 14.0 Å². The van der Waals surface area contributed by atoms with Crippen LogP contribution in [-0.4, -0.2) is 60.4 Å². The molecular weight excluding hydrogens is 345 g/mol. The number of piperazine rings is 1. The molecule has 1 heterocycles. The molecule has 2 aliphatic rings. The maximum absolute atomic E-state index is 13.8. The molecule has 0 atom stereocenters. The third-order valence-corrected chi connectivity index (χ3v) is 5.14. The predicted molar refractivity (Wildman–Crippen MR) is 94.2 cm³/mol. The maximum atomic E-state index is 13.8. The van der Waals surface area contributed by atoms with Crippen LogP contribution in [0, 0.1) is 5.82 Å². The summed E-state index contributed by atoms with van der Waals surface area (Å²) in [5.74, 6) is -0.865. The molecule has 1 aliphatic heterocycles. The van der Waals surface area contributed by atoms with Gasteiger partial charge in [-0.15, -0.1) is 0 Å². The van der Waals surface area contributed by atoms with Crippen LogP contribution in [0.5, 0.6) is 0 Å². The van der Waals surface area contributed by atoms with Gasteiger partial charge in [0, 0.05) is 37.2 Å². The van der Waals surface area contributed by atoms with Crippen molar-refractivity contribution in [3.05, 3.63) is 34.6 Å². The van der Waals surface area contributed by atoms with Crippen LogP contribution in [0.3, 0.4) is 0 Å². The molecule has 0 bridgehead atoms. The number of nitrogens with one attached hydrogen (secondary N) is 1. The molecule has 136 valence electrons. The molecule has 0 unspecified atom stereocenters. The van der Waals surface area contributed by atoms with Crippen LogP contribution in [0.4, 0.5) is 4.39 Å². The van der Waals surface area contributed by atoms with Crippen molar-refractivity contribution in [2.24, 2.45) is 0 Å². The van der Waals surface area contributed by atoms with E-state index < -0.39 is 5.82 Å². The van der Waals surface area contributed by atoms with Gasteiger partial charge in [0.05, 0.1) is 12.1 Å². The van der Waals surface area contributed by atoms with Crippen molar-refractivity contribution in [1.82, 2.24) is 15.1 Å². The molecule has 5 nitrogen and oxygen atoms in total. The number of benzene rings is 1. The monoisotopic (exact) mass is 367 g/mol. The Bertz CT molecular complexity index is 641. The zero-order valence-electron chi connectivity index (χ0n) is 14.1. The van der Waals surface area contributed by atoms with Crippen molar-refractivity contribution in [3.63, 3.8) is 0 Å². The molecule has 25 heavy (non-hydrogen) atoms. The lowest BCUT2D eigenvalue weighted by Gasteiger charge is -2.34. The van der Waals surface area contributed by atoms with E-state index in [1.54, 1.807) is 4.90 Å². The molecule has 1 aromatic rings. The van der Waals surface area contributed by atoms with E-state index in [2.05, 4.69) is 5.32 Å². The molecule has 2 fully saturated rings. The summed E-state index contributed by atoms with van der Waals surface area (Å²) in [4.78, 5) is 28.2. The average molecular weight is 368 g/mol. The van der Waals surface area contributed by atoms with Crippen LogP contribution < -0.4 is 5.32 Å². The molecule has 1 N–H and O–H groups in total. The van der Waals surface area contributed by atoms with Gasteiger partial charge >= 0.3 is 0 Å². The van der Waals surface area contributed by atoms with Gasteiger partial charge in [-0.05, 0) is 31.0 Å². The molecule has 1 saturated carbocycles. The van der Waals surface area contributed by atoms with Crippen LogP contribution in [0.15, 0.2) is 18.2 Å². The molecule has 0 spiro atoms. The van der Waals surface area contributed by atoms with Gasteiger partial charge in [-0.25, -0.2) is 4.39 Å². The van der Waals surface area contributed by atoms with E-state index in [1.165, 1.54) is 31.0 Å². The summed E-state index contributed by atoms with van der Waals surface area (Å²) in [5, 5.41) is 3.41. The summed E-state index contributed by atoms with van der Waals surface area (Å²) in [6.45, 7) is 2.51. The number of hydrogen-bond acceptors (Lipinski definition) is 3. The first kappa shape index (κ1) is 18.1. The fourth-order valence-electron chi connectivity index (χ4n) is 3.49. The van der Waals surface area contributed by atoms with Gasteiger partial charge in [0.25, 0.3) is 5.91 Å². The minimum absolute atomic E-state index is 0.0000681. The smallest absolute Gasteiger partial charge is 0.256 e. The minimum Gasteiger partial charge on any atom is -0.352 e. The van der Waals surface area contributed by atoms with Crippen molar-refractivity contribution < 1.29 is 14.0 Å². The van der Waals surface area contributed by atoms with Crippen LogP contribution in [-0.2, 0) is 4.79 Å². The fraction of sp³-hybridized carbons (Fsp3) is 0.556. The predicted octanol–water partition coefficient (Wildman–Crippen LogP) is 2.30. The van der Waals surface area contributed by atoms with E-state index in [1.807, 2.05) is 4.90 Å². The van der Waals surface area contributed by atoms with Gasteiger partial charge in [-0.2, -0.15) is 0 Å². The Morgan fingerprint density at radius 3 is 2.52 bits per heavy atom. The van der Waals surface area contributed by atoms with Crippen LogP contribution in [0.2, 0.25) is 5.02 Å². The minimum atomic E-state index is -0.562. The maximum Gasteiger partial charge on any atom is 0.256 e. The highest BCUT2D eigenvalue weighted by atomic mass is 35.5. The second-order valence-electron chi connectivity index (χ2n) is 6.74. The van der Waals surface area contributed by atoms with E-state index in [0.29, 0.717) is 43.8 Å². The molecule has 2 amide bonds. The zero-order chi connectivity index (χ0) is 17.8. The summed E-state index contributed by atoms with van der Waals surface area (Å²) in [7, 11) is 0. The number of halogens is 2. The van der Waals surface area contributed by atoms with Gasteiger partial charge in [-0.1, -0.05) is 24.4 Å². The van der Waals surface area contributed by atoms with E-state index in [0.717, 1.165) is 12.8 Å². The Kier molecular flexibility index (Phi) is 5.91. The number of carbonyl (C=O) groups is 2. The molecule has 7 heteroatoms. The highest BCUT2D eigenvalue weighted by molar-refractivity contribution is 6.31. The SMILES string of the molecule is O=C(CN1CCN(C(=O)c2cc(Cl)ccc2F)CC1)NC1CCCC1. The fourth-order valence-corrected chi connectivity index (χ4v) is 3.66. The Labute approximate surface area is 152 Å². The summed E-state index contributed by atoms with van der Waals surface area (Å²) in [6, 6.07) is 4.31. The number of amides is 2. The van der Waals surface area contributed by atoms with Crippen molar-refractivity contribution in [2.75, 3.05) is 32.7 Å².